The molecule has 4 heteroatoms. The average molecular weight is 265 g/mol. The third-order valence-electron chi connectivity index (χ3n) is 3.48. The average Bonchev–Trinajstić information content (AvgIpc) is 2.53. The molecule has 1 aromatic carbocycles. The number of nitrogens with zero attached hydrogens (tertiary/aromatic N) is 2. The minimum Gasteiger partial charge on any atom is -0.371 e. The zero-order valence-corrected chi connectivity index (χ0v) is 11.0. The lowest BCUT2D eigenvalue weighted by atomic mass is 9.97. The van der Waals surface area contributed by atoms with Gasteiger partial charge in [0.05, 0.1) is 18.3 Å². The number of pyridine rings is 1. The van der Waals surface area contributed by atoms with Crippen molar-refractivity contribution < 1.29 is 4.74 Å². The molecule has 0 radical (unpaired) electrons. The summed E-state index contributed by atoms with van der Waals surface area (Å²) in [5, 5.41) is 12.3. The highest BCUT2D eigenvalue weighted by atomic mass is 16.5. The van der Waals surface area contributed by atoms with Crippen LogP contribution in [0.1, 0.15) is 22.8 Å². The predicted octanol–water partition coefficient (Wildman–Crippen LogP) is 2.68. The van der Waals surface area contributed by atoms with Gasteiger partial charge in [-0.1, -0.05) is 24.3 Å². The summed E-state index contributed by atoms with van der Waals surface area (Å²) in [6, 6.07) is 14.0. The zero-order chi connectivity index (χ0) is 13.8. The Hall–Kier alpha value is -2.38. The molecule has 0 saturated carbocycles. The van der Waals surface area contributed by atoms with Gasteiger partial charge >= 0.3 is 0 Å². The highest BCUT2D eigenvalue weighted by molar-refractivity contribution is 5.51. The van der Waals surface area contributed by atoms with Crippen molar-refractivity contribution in [3.05, 3.63) is 59.3 Å². The summed E-state index contributed by atoms with van der Waals surface area (Å²) in [6.07, 6.45) is 2.65. The summed E-state index contributed by atoms with van der Waals surface area (Å²) in [6.45, 7) is 1.35. The van der Waals surface area contributed by atoms with E-state index in [4.69, 9.17) is 10.00 Å². The Morgan fingerprint density at radius 2 is 2.20 bits per heavy atom. The lowest BCUT2D eigenvalue weighted by Crippen LogP contribution is -2.23. The largest absolute Gasteiger partial charge is 0.371 e. The van der Waals surface area contributed by atoms with Crippen LogP contribution in [0.15, 0.2) is 42.6 Å². The summed E-state index contributed by atoms with van der Waals surface area (Å²) in [7, 11) is 0. The predicted molar refractivity (Wildman–Crippen MR) is 76.3 cm³/mol. The molecule has 1 atom stereocenters. The van der Waals surface area contributed by atoms with Crippen LogP contribution >= 0.6 is 0 Å². The SMILES string of the molecule is N#Cc1cccnc1NCC1OCCc2ccccc21. The first-order valence-corrected chi connectivity index (χ1v) is 6.67. The van der Waals surface area contributed by atoms with E-state index in [0.717, 1.165) is 13.0 Å². The number of nitrogens with one attached hydrogen (secondary N) is 1. The summed E-state index contributed by atoms with van der Waals surface area (Å²) < 4.78 is 5.83. The van der Waals surface area contributed by atoms with E-state index in [-0.39, 0.29) is 6.10 Å². The number of rotatable bonds is 3. The molecular formula is C16H15N3O. The van der Waals surface area contributed by atoms with E-state index in [9.17, 15) is 0 Å². The van der Waals surface area contributed by atoms with Crippen LogP contribution in [-0.4, -0.2) is 18.1 Å². The van der Waals surface area contributed by atoms with E-state index in [1.54, 1.807) is 18.3 Å². The fourth-order valence-electron chi connectivity index (χ4n) is 2.47. The topological polar surface area (TPSA) is 57.9 Å². The number of fused-ring (bicyclic) bond motifs is 1. The third kappa shape index (κ3) is 2.49. The lowest BCUT2D eigenvalue weighted by molar-refractivity contribution is 0.0513. The summed E-state index contributed by atoms with van der Waals surface area (Å²) in [5.41, 5.74) is 3.12. The van der Waals surface area contributed by atoms with Crippen LogP contribution in [0.2, 0.25) is 0 Å². The summed E-state index contributed by atoms with van der Waals surface area (Å²) in [5.74, 6) is 0.613. The van der Waals surface area contributed by atoms with Crippen LogP contribution < -0.4 is 5.32 Å². The van der Waals surface area contributed by atoms with Gasteiger partial charge < -0.3 is 10.1 Å². The normalized spacial score (nSPS) is 17.1. The van der Waals surface area contributed by atoms with E-state index in [2.05, 4.69) is 34.6 Å². The van der Waals surface area contributed by atoms with E-state index < -0.39 is 0 Å². The van der Waals surface area contributed by atoms with Crippen LogP contribution in [0, 0.1) is 11.3 Å². The zero-order valence-electron chi connectivity index (χ0n) is 11.0. The van der Waals surface area contributed by atoms with Crippen molar-refractivity contribution in [3.63, 3.8) is 0 Å². The van der Waals surface area contributed by atoms with Gasteiger partial charge in [-0.25, -0.2) is 4.98 Å². The quantitative estimate of drug-likeness (QED) is 0.927. The van der Waals surface area contributed by atoms with Crippen LogP contribution in [0.3, 0.4) is 0 Å². The Bertz CT molecular complexity index is 648. The first-order valence-electron chi connectivity index (χ1n) is 6.67. The molecule has 20 heavy (non-hydrogen) atoms. The number of hydrogen-bond donors (Lipinski definition) is 1. The van der Waals surface area contributed by atoms with Gasteiger partial charge in [0.25, 0.3) is 0 Å². The first kappa shape index (κ1) is 12.6. The summed E-state index contributed by atoms with van der Waals surface area (Å²) >= 11 is 0. The van der Waals surface area contributed by atoms with Crippen molar-refractivity contribution in [2.24, 2.45) is 0 Å². The molecule has 0 saturated heterocycles. The molecule has 1 aromatic heterocycles. The van der Waals surface area contributed by atoms with E-state index in [1.165, 1.54) is 11.1 Å². The third-order valence-corrected chi connectivity index (χ3v) is 3.48. The standard InChI is InChI=1S/C16H15N3O/c17-10-13-5-3-8-18-16(13)19-11-15-14-6-2-1-4-12(14)7-9-20-15/h1-6,8,15H,7,9,11H2,(H,18,19). The number of benzene rings is 1. The van der Waals surface area contributed by atoms with Crippen molar-refractivity contribution in [1.82, 2.24) is 4.98 Å². The van der Waals surface area contributed by atoms with Crippen molar-refractivity contribution >= 4 is 5.82 Å². The van der Waals surface area contributed by atoms with Crippen molar-refractivity contribution in [1.29, 1.82) is 5.26 Å². The molecule has 1 unspecified atom stereocenters. The fraction of sp³-hybridized carbons (Fsp3) is 0.250. The lowest BCUT2D eigenvalue weighted by Gasteiger charge is -2.26. The van der Waals surface area contributed by atoms with Crippen molar-refractivity contribution in [2.75, 3.05) is 18.5 Å². The molecule has 2 heterocycles. The Balaban J connectivity index is 1.75. The molecule has 0 amide bonds. The molecule has 3 rings (SSSR count). The van der Waals surface area contributed by atoms with Gasteiger partial charge in [-0.15, -0.1) is 0 Å². The second-order valence-corrected chi connectivity index (χ2v) is 4.70. The van der Waals surface area contributed by atoms with Crippen LogP contribution in [0.4, 0.5) is 5.82 Å². The molecule has 1 aliphatic rings. The minimum absolute atomic E-state index is 0.00787. The second-order valence-electron chi connectivity index (χ2n) is 4.70. The van der Waals surface area contributed by atoms with E-state index >= 15 is 0 Å². The molecule has 1 aliphatic heterocycles. The molecule has 0 aliphatic carbocycles. The number of hydrogen-bond acceptors (Lipinski definition) is 4. The van der Waals surface area contributed by atoms with Crippen LogP contribution in [0.5, 0.6) is 0 Å². The smallest absolute Gasteiger partial charge is 0.143 e. The van der Waals surface area contributed by atoms with Gasteiger partial charge in [0.1, 0.15) is 11.9 Å². The van der Waals surface area contributed by atoms with Gasteiger partial charge in [0.15, 0.2) is 0 Å². The highest BCUT2D eigenvalue weighted by Gasteiger charge is 2.20. The van der Waals surface area contributed by atoms with Crippen molar-refractivity contribution in [2.45, 2.75) is 12.5 Å². The van der Waals surface area contributed by atoms with Crippen molar-refractivity contribution in [3.8, 4) is 6.07 Å². The Morgan fingerprint density at radius 1 is 1.30 bits per heavy atom. The fourth-order valence-corrected chi connectivity index (χ4v) is 2.47. The van der Waals surface area contributed by atoms with Gasteiger partial charge in [0, 0.05) is 12.7 Å². The monoisotopic (exact) mass is 265 g/mol. The maximum atomic E-state index is 9.05. The van der Waals surface area contributed by atoms with Gasteiger partial charge in [-0.2, -0.15) is 5.26 Å². The highest BCUT2D eigenvalue weighted by Crippen LogP contribution is 2.27. The number of anilines is 1. The summed E-state index contributed by atoms with van der Waals surface area (Å²) in [4.78, 5) is 4.20. The second kappa shape index (κ2) is 5.72. The maximum absolute atomic E-state index is 9.05. The molecule has 100 valence electrons. The number of aromatic nitrogens is 1. The molecule has 1 N–H and O–H groups in total. The van der Waals surface area contributed by atoms with E-state index in [1.807, 2.05) is 6.07 Å². The maximum Gasteiger partial charge on any atom is 0.143 e. The molecular weight excluding hydrogens is 250 g/mol. The van der Waals surface area contributed by atoms with Crippen LogP contribution in [0.25, 0.3) is 0 Å². The van der Waals surface area contributed by atoms with E-state index in [0.29, 0.717) is 17.9 Å². The molecule has 0 bridgehead atoms. The molecule has 2 aromatic rings. The van der Waals surface area contributed by atoms with Crippen LogP contribution in [-0.2, 0) is 11.2 Å². The number of ether oxygens (including phenoxy) is 1. The van der Waals surface area contributed by atoms with Gasteiger partial charge in [0.2, 0.25) is 0 Å². The molecule has 0 spiro atoms. The molecule has 0 fully saturated rings. The Kier molecular flexibility index (Phi) is 3.62. The Morgan fingerprint density at radius 3 is 3.10 bits per heavy atom. The Labute approximate surface area is 118 Å². The van der Waals surface area contributed by atoms with Gasteiger partial charge in [-0.05, 0) is 29.7 Å². The van der Waals surface area contributed by atoms with Gasteiger partial charge in [-0.3, -0.25) is 0 Å². The molecule has 4 nitrogen and oxygen atoms in total. The minimum atomic E-state index is 0.00787. The first-order chi connectivity index (χ1) is 9.88. The number of nitriles is 1.